The van der Waals surface area contributed by atoms with E-state index >= 15 is 0 Å². The number of rotatable bonds is 5. The molecule has 1 fully saturated rings. The fraction of sp³-hybridized carbons (Fsp3) is 0.520. The van der Waals surface area contributed by atoms with Gasteiger partial charge in [0, 0.05) is 44.7 Å². The largest absolute Gasteiger partial charge is 0.497 e. The molecular weight excluding hydrogens is 432 g/mol. The van der Waals surface area contributed by atoms with Crippen LogP contribution in [-0.2, 0) is 17.8 Å². The smallest absolute Gasteiger partial charge is 0.273 e. The third kappa shape index (κ3) is 3.93. The minimum atomic E-state index is -0.0457. The SMILES string of the molecule is COc1ccc2c(c1)CCC2Nc1nc(N2CCN(C(C)=O)CC2)nc2c1CN(C(C)C)C2=O. The summed E-state index contributed by atoms with van der Waals surface area (Å²) >= 11 is 0. The number of piperazine rings is 1. The number of amides is 2. The van der Waals surface area contributed by atoms with Crippen molar-refractivity contribution in [3.63, 3.8) is 0 Å². The van der Waals surface area contributed by atoms with Gasteiger partial charge in [-0.15, -0.1) is 0 Å². The molecule has 9 heteroatoms. The molecule has 2 aromatic rings. The van der Waals surface area contributed by atoms with Crippen molar-refractivity contribution in [2.24, 2.45) is 0 Å². The van der Waals surface area contributed by atoms with E-state index in [4.69, 9.17) is 14.7 Å². The van der Waals surface area contributed by atoms with Gasteiger partial charge in [0.1, 0.15) is 17.3 Å². The van der Waals surface area contributed by atoms with Gasteiger partial charge in [0.15, 0.2) is 0 Å². The van der Waals surface area contributed by atoms with E-state index in [1.165, 1.54) is 11.1 Å². The highest BCUT2D eigenvalue weighted by atomic mass is 16.5. The average Bonchev–Trinajstić information content (AvgIpc) is 3.39. The second kappa shape index (κ2) is 8.77. The Hall–Kier alpha value is -3.36. The van der Waals surface area contributed by atoms with E-state index in [9.17, 15) is 9.59 Å². The van der Waals surface area contributed by atoms with Gasteiger partial charge in [0.05, 0.1) is 19.7 Å². The first kappa shape index (κ1) is 22.4. The van der Waals surface area contributed by atoms with Crippen LogP contribution >= 0.6 is 0 Å². The predicted molar refractivity (Wildman–Crippen MR) is 129 cm³/mol. The van der Waals surface area contributed by atoms with Gasteiger partial charge in [-0.2, -0.15) is 4.98 Å². The Morgan fingerprint density at radius 1 is 1.18 bits per heavy atom. The summed E-state index contributed by atoms with van der Waals surface area (Å²) in [6.07, 6.45) is 1.92. The van der Waals surface area contributed by atoms with Crippen LogP contribution in [0.2, 0.25) is 0 Å². The topological polar surface area (TPSA) is 90.9 Å². The molecule has 0 spiro atoms. The van der Waals surface area contributed by atoms with Crippen LogP contribution in [0.4, 0.5) is 11.8 Å². The minimum Gasteiger partial charge on any atom is -0.497 e. The van der Waals surface area contributed by atoms with Crippen molar-refractivity contribution in [3.05, 3.63) is 40.6 Å². The molecule has 0 saturated carbocycles. The first-order valence-electron chi connectivity index (χ1n) is 12.0. The molecule has 1 aromatic heterocycles. The second-order valence-electron chi connectivity index (χ2n) is 9.52. The molecule has 34 heavy (non-hydrogen) atoms. The number of fused-ring (bicyclic) bond motifs is 2. The molecule has 0 radical (unpaired) electrons. The molecule has 1 saturated heterocycles. The fourth-order valence-electron chi connectivity index (χ4n) is 5.11. The minimum absolute atomic E-state index is 0.0457. The van der Waals surface area contributed by atoms with E-state index in [0.29, 0.717) is 44.4 Å². The maximum absolute atomic E-state index is 13.2. The highest BCUT2D eigenvalue weighted by Gasteiger charge is 2.36. The summed E-state index contributed by atoms with van der Waals surface area (Å²) in [4.78, 5) is 40.3. The lowest BCUT2D eigenvalue weighted by Crippen LogP contribution is -2.48. The Kier molecular flexibility index (Phi) is 5.79. The van der Waals surface area contributed by atoms with Gasteiger partial charge in [0.2, 0.25) is 11.9 Å². The maximum Gasteiger partial charge on any atom is 0.273 e. The zero-order valence-electron chi connectivity index (χ0n) is 20.3. The summed E-state index contributed by atoms with van der Waals surface area (Å²) in [5.41, 5.74) is 3.88. The molecule has 1 aliphatic carbocycles. The van der Waals surface area contributed by atoms with E-state index in [1.54, 1.807) is 14.0 Å². The molecular formula is C25H32N6O3. The van der Waals surface area contributed by atoms with Crippen molar-refractivity contribution in [2.45, 2.75) is 52.2 Å². The number of methoxy groups -OCH3 is 1. The van der Waals surface area contributed by atoms with Crippen LogP contribution < -0.4 is 15.0 Å². The predicted octanol–water partition coefficient (Wildman–Crippen LogP) is 2.62. The molecule has 9 nitrogen and oxygen atoms in total. The molecule has 2 amide bonds. The van der Waals surface area contributed by atoms with Gasteiger partial charge < -0.3 is 24.8 Å². The van der Waals surface area contributed by atoms with Crippen LogP contribution in [0.15, 0.2) is 18.2 Å². The summed E-state index contributed by atoms with van der Waals surface area (Å²) in [5, 5.41) is 3.66. The zero-order valence-corrected chi connectivity index (χ0v) is 20.3. The van der Waals surface area contributed by atoms with Gasteiger partial charge >= 0.3 is 0 Å². The van der Waals surface area contributed by atoms with Crippen LogP contribution in [0.1, 0.15) is 60.4 Å². The van der Waals surface area contributed by atoms with Crippen molar-refractivity contribution in [3.8, 4) is 5.75 Å². The first-order chi connectivity index (χ1) is 16.4. The molecule has 3 heterocycles. The summed E-state index contributed by atoms with van der Waals surface area (Å²) < 4.78 is 5.39. The van der Waals surface area contributed by atoms with Crippen molar-refractivity contribution in [1.82, 2.24) is 19.8 Å². The summed E-state index contributed by atoms with van der Waals surface area (Å²) in [5.74, 6) is 2.19. The molecule has 1 unspecified atom stereocenters. The zero-order chi connectivity index (χ0) is 24.0. The molecule has 5 rings (SSSR count). The maximum atomic E-state index is 13.2. The van der Waals surface area contributed by atoms with E-state index in [-0.39, 0.29) is 23.9 Å². The van der Waals surface area contributed by atoms with Crippen molar-refractivity contribution in [1.29, 1.82) is 0 Å². The third-order valence-electron chi connectivity index (χ3n) is 7.16. The first-order valence-corrected chi connectivity index (χ1v) is 12.0. The number of nitrogens with zero attached hydrogens (tertiary/aromatic N) is 5. The molecule has 1 N–H and O–H groups in total. The molecule has 3 aliphatic rings. The Bertz CT molecular complexity index is 1130. The lowest BCUT2D eigenvalue weighted by molar-refractivity contribution is -0.129. The van der Waals surface area contributed by atoms with E-state index in [1.807, 2.05) is 29.7 Å². The highest BCUT2D eigenvalue weighted by Crippen LogP contribution is 2.38. The van der Waals surface area contributed by atoms with Crippen molar-refractivity contribution in [2.75, 3.05) is 43.5 Å². The normalized spacial score (nSPS) is 19.5. The summed E-state index contributed by atoms with van der Waals surface area (Å²) in [6, 6.07) is 6.41. The number of ether oxygens (including phenoxy) is 1. The quantitative estimate of drug-likeness (QED) is 0.727. The van der Waals surface area contributed by atoms with E-state index in [2.05, 4.69) is 22.3 Å². The van der Waals surface area contributed by atoms with Crippen LogP contribution in [0.25, 0.3) is 0 Å². The lowest BCUT2D eigenvalue weighted by atomic mass is 10.1. The molecule has 2 aliphatic heterocycles. The number of hydrogen-bond acceptors (Lipinski definition) is 7. The molecule has 1 atom stereocenters. The standard InChI is InChI=1S/C25H32N6O3/c1-15(2)31-14-20-22(24(31)33)27-25(30-11-9-29(10-12-30)16(3)32)28-23(20)26-21-8-5-17-13-18(34-4)6-7-19(17)21/h6-7,13,15,21H,5,8-12,14H2,1-4H3,(H,26,27,28). The third-order valence-corrected chi connectivity index (χ3v) is 7.16. The number of aryl methyl sites for hydroxylation is 1. The average molecular weight is 465 g/mol. The molecule has 0 bridgehead atoms. The van der Waals surface area contributed by atoms with E-state index < -0.39 is 0 Å². The number of hydrogen-bond donors (Lipinski definition) is 1. The van der Waals surface area contributed by atoms with Gasteiger partial charge in [-0.25, -0.2) is 4.98 Å². The molecule has 1 aromatic carbocycles. The Morgan fingerprint density at radius 3 is 2.62 bits per heavy atom. The van der Waals surface area contributed by atoms with Crippen molar-refractivity contribution < 1.29 is 14.3 Å². The summed E-state index contributed by atoms with van der Waals surface area (Å²) in [6.45, 7) is 8.69. The Morgan fingerprint density at radius 2 is 1.94 bits per heavy atom. The van der Waals surface area contributed by atoms with Crippen LogP contribution in [-0.4, -0.2) is 70.9 Å². The van der Waals surface area contributed by atoms with Crippen LogP contribution in [0, 0.1) is 0 Å². The van der Waals surface area contributed by atoms with Crippen LogP contribution in [0.3, 0.4) is 0 Å². The Balaban J connectivity index is 1.47. The van der Waals surface area contributed by atoms with Crippen LogP contribution in [0.5, 0.6) is 5.75 Å². The lowest BCUT2D eigenvalue weighted by Gasteiger charge is -2.34. The number of nitrogens with one attached hydrogen (secondary N) is 1. The van der Waals surface area contributed by atoms with Crippen molar-refractivity contribution >= 4 is 23.6 Å². The summed E-state index contributed by atoms with van der Waals surface area (Å²) in [7, 11) is 1.69. The monoisotopic (exact) mass is 464 g/mol. The number of carbonyl (C=O) groups excluding carboxylic acids is 2. The van der Waals surface area contributed by atoms with Gasteiger partial charge in [-0.3, -0.25) is 9.59 Å². The van der Waals surface area contributed by atoms with Gasteiger partial charge in [-0.05, 0) is 49.9 Å². The second-order valence-corrected chi connectivity index (χ2v) is 9.52. The fourth-order valence-corrected chi connectivity index (χ4v) is 5.11. The number of carbonyl (C=O) groups is 2. The molecule has 180 valence electrons. The van der Waals surface area contributed by atoms with E-state index in [0.717, 1.165) is 30.0 Å². The van der Waals surface area contributed by atoms with Gasteiger partial charge in [-0.1, -0.05) is 6.07 Å². The number of anilines is 2. The Labute approximate surface area is 200 Å². The number of benzene rings is 1. The van der Waals surface area contributed by atoms with Gasteiger partial charge in [0.25, 0.3) is 5.91 Å². The highest BCUT2D eigenvalue weighted by molar-refractivity contribution is 5.98. The number of aromatic nitrogens is 2.